The minimum atomic E-state index is -4.52. The van der Waals surface area contributed by atoms with Gasteiger partial charge in [-0.2, -0.15) is 26.7 Å². The lowest BCUT2D eigenvalue weighted by Crippen LogP contribution is -2.41. The summed E-state index contributed by atoms with van der Waals surface area (Å²) in [5, 5.41) is 14.4. The predicted molar refractivity (Wildman–Crippen MR) is 157 cm³/mol. The molecule has 0 spiro atoms. The number of pyridine rings is 1. The number of hydrogen-bond acceptors (Lipinski definition) is 8. The highest BCUT2D eigenvalue weighted by atomic mass is 32.2. The van der Waals surface area contributed by atoms with Gasteiger partial charge in [-0.1, -0.05) is 25.1 Å². The molecule has 1 aromatic carbocycles. The van der Waals surface area contributed by atoms with Gasteiger partial charge in [0.2, 0.25) is 5.88 Å². The van der Waals surface area contributed by atoms with E-state index in [1.807, 2.05) is 18.7 Å². The molecule has 3 aromatic rings. The molecule has 0 radical (unpaired) electrons. The first-order valence-corrected chi connectivity index (χ1v) is 15.0. The van der Waals surface area contributed by atoms with Crippen molar-refractivity contribution in [3.05, 3.63) is 60.3 Å². The number of carbonyl (C=O) groups is 1. The smallest absolute Gasteiger partial charge is 0.397 e. The van der Waals surface area contributed by atoms with E-state index < -0.39 is 45.8 Å². The fourth-order valence-corrected chi connectivity index (χ4v) is 6.51. The van der Waals surface area contributed by atoms with Crippen molar-refractivity contribution in [3.8, 4) is 11.7 Å². The number of aliphatic hydroxyl groups excluding tert-OH is 1. The monoisotopic (exact) mass is 641 g/mol. The van der Waals surface area contributed by atoms with Gasteiger partial charge in [0.1, 0.15) is 18.5 Å². The third kappa shape index (κ3) is 6.48. The number of amides is 1. The quantitative estimate of drug-likeness (QED) is 0.356. The van der Waals surface area contributed by atoms with Crippen LogP contribution in [0.25, 0.3) is 5.82 Å². The third-order valence-electron chi connectivity index (χ3n) is 7.89. The standard InChI is InChI=1S/C28H32F3N5O5S.H2S/c1-18-15-26(2,3)35(16-18)24-20(25(38)34-42(39,40)19-7-5-4-6-8-19)9-10-22(32-24)36-14-11-23(33-36)41-17-21(37)27(12-13-27)28(29,30)31;/h4-11,14,18,21,37H,12-13,15-17H2,1-3H3,(H,34,38);1H2/t18-,21?;/m0./s1. The SMILES string of the molecule is C[C@@H]1CN(c2nc(-n3ccc(OCC(O)C4(C(F)(F)F)CC4)n3)ccc2C(=O)NS(=O)(=O)c2ccccc2)C(C)(C)C1.S. The number of benzene rings is 1. The maximum atomic E-state index is 13.4. The number of aromatic nitrogens is 3. The van der Waals surface area contributed by atoms with Gasteiger partial charge in [0.25, 0.3) is 15.9 Å². The minimum absolute atomic E-state index is 0. The summed E-state index contributed by atoms with van der Waals surface area (Å²) in [7, 11) is -4.15. The van der Waals surface area contributed by atoms with Crippen molar-refractivity contribution in [1.82, 2.24) is 19.5 Å². The number of nitrogens with one attached hydrogen (secondary N) is 1. The van der Waals surface area contributed by atoms with Crippen LogP contribution in [0.2, 0.25) is 0 Å². The predicted octanol–water partition coefficient (Wildman–Crippen LogP) is 4.21. The molecule has 1 saturated carbocycles. The summed E-state index contributed by atoms with van der Waals surface area (Å²) >= 11 is 0. The molecule has 5 rings (SSSR count). The van der Waals surface area contributed by atoms with E-state index in [0.717, 1.165) is 6.42 Å². The van der Waals surface area contributed by atoms with Crippen LogP contribution in [-0.2, 0) is 10.0 Å². The van der Waals surface area contributed by atoms with Crippen molar-refractivity contribution in [2.24, 2.45) is 11.3 Å². The highest BCUT2D eigenvalue weighted by Gasteiger charge is 2.67. The van der Waals surface area contributed by atoms with Crippen LogP contribution in [0.5, 0.6) is 5.88 Å². The lowest BCUT2D eigenvalue weighted by Gasteiger charge is -2.34. The van der Waals surface area contributed by atoms with Crippen LogP contribution in [0.1, 0.15) is 50.4 Å². The number of alkyl halides is 3. The second kappa shape index (κ2) is 11.7. The van der Waals surface area contributed by atoms with E-state index in [0.29, 0.717) is 6.54 Å². The first-order valence-electron chi connectivity index (χ1n) is 13.5. The van der Waals surface area contributed by atoms with Crippen molar-refractivity contribution in [2.75, 3.05) is 18.1 Å². The maximum Gasteiger partial charge on any atom is 0.397 e. The van der Waals surface area contributed by atoms with Gasteiger partial charge in [-0.15, -0.1) is 5.10 Å². The third-order valence-corrected chi connectivity index (χ3v) is 9.24. The van der Waals surface area contributed by atoms with Crippen LogP contribution >= 0.6 is 13.5 Å². The fraction of sp³-hybridized carbons (Fsp3) is 0.464. The zero-order valence-electron chi connectivity index (χ0n) is 23.8. The van der Waals surface area contributed by atoms with Crippen molar-refractivity contribution >= 4 is 35.2 Å². The van der Waals surface area contributed by atoms with Gasteiger partial charge in [0, 0.05) is 24.3 Å². The number of anilines is 1. The van der Waals surface area contributed by atoms with Crippen molar-refractivity contribution in [2.45, 2.75) is 62.7 Å². The number of ether oxygens (including phenoxy) is 1. The van der Waals surface area contributed by atoms with Crippen LogP contribution in [0.15, 0.2) is 59.6 Å². The number of carbonyl (C=O) groups excluding carboxylic acids is 1. The van der Waals surface area contributed by atoms with Gasteiger partial charge in [0.05, 0.1) is 15.9 Å². The summed E-state index contributed by atoms with van der Waals surface area (Å²) < 4.78 is 74.5. The molecule has 10 nitrogen and oxygen atoms in total. The molecule has 2 fully saturated rings. The lowest BCUT2D eigenvalue weighted by molar-refractivity contribution is -0.217. The Morgan fingerprint density at radius 1 is 1.16 bits per heavy atom. The second-order valence-electron chi connectivity index (χ2n) is 11.6. The van der Waals surface area contributed by atoms with E-state index in [-0.39, 0.29) is 60.2 Å². The molecule has 2 N–H and O–H groups in total. The van der Waals surface area contributed by atoms with Crippen LogP contribution in [0.4, 0.5) is 19.0 Å². The Morgan fingerprint density at radius 2 is 1.84 bits per heavy atom. The van der Waals surface area contributed by atoms with Gasteiger partial charge in [-0.25, -0.2) is 22.8 Å². The van der Waals surface area contributed by atoms with Crippen LogP contribution in [-0.4, -0.2) is 65.2 Å². The van der Waals surface area contributed by atoms with E-state index in [1.54, 1.807) is 18.2 Å². The zero-order valence-corrected chi connectivity index (χ0v) is 25.6. The topological polar surface area (TPSA) is 127 Å². The Labute approximate surface area is 254 Å². The molecule has 1 aliphatic heterocycles. The maximum absolute atomic E-state index is 13.4. The van der Waals surface area contributed by atoms with E-state index in [2.05, 4.69) is 21.7 Å². The molecular weight excluding hydrogens is 607 g/mol. The average Bonchev–Trinajstić information content (AvgIpc) is 3.54. The Hall–Kier alpha value is -3.30. The van der Waals surface area contributed by atoms with E-state index in [9.17, 15) is 31.5 Å². The molecule has 2 atom stereocenters. The first kappa shape index (κ1) is 32.6. The summed E-state index contributed by atoms with van der Waals surface area (Å²) in [4.78, 5) is 19.9. The largest absolute Gasteiger partial charge is 0.474 e. The van der Waals surface area contributed by atoms with Gasteiger partial charge in [-0.05, 0) is 63.3 Å². The Bertz CT molecular complexity index is 1580. The zero-order chi connectivity index (χ0) is 30.5. The van der Waals surface area contributed by atoms with E-state index in [4.69, 9.17) is 4.74 Å². The Kier molecular flexibility index (Phi) is 8.84. The highest BCUT2D eigenvalue weighted by Crippen LogP contribution is 2.59. The minimum Gasteiger partial charge on any atom is -0.474 e. The fourth-order valence-electron chi connectivity index (χ4n) is 5.52. The number of halogens is 3. The van der Waals surface area contributed by atoms with Crippen molar-refractivity contribution < 1.29 is 36.2 Å². The highest BCUT2D eigenvalue weighted by molar-refractivity contribution is 7.90. The summed E-state index contributed by atoms with van der Waals surface area (Å²) in [6.07, 6.45) is -4.26. The van der Waals surface area contributed by atoms with E-state index >= 15 is 0 Å². The number of hydrogen-bond donors (Lipinski definition) is 2. The van der Waals surface area contributed by atoms with Crippen LogP contribution in [0, 0.1) is 11.3 Å². The molecule has 2 aliphatic rings. The lowest BCUT2D eigenvalue weighted by atomic mass is 9.97. The molecule has 0 bridgehead atoms. The van der Waals surface area contributed by atoms with Gasteiger partial charge in [-0.3, -0.25) is 4.79 Å². The molecule has 43 heavy (non-hydrogen) atoms. The summed E-state index contributed by atoms with van der Waals surface area (Å²) in [5.74, 6) is -0.0530. The summed E-state index contributed by atoms with van der Waals surface area (Å²) in [6.45, 7) is 6.07. The number of sulfonamides is 1. The number of nitrogens with zero attached hydrogens (tertiary/aromatic N) is 4. The van der Waals surface area contributed by atoms with Gasteiger partial charge in [0.15, 0.2) is 5.82 Å². The molecule has 1 amide bonds. The normalized spacial score (nSPS) is 19.8. The summed E-state index contributed by atoms with van der Waals surface area (Å²) in [5.41, 5.74) is -2.49. The van der Waals surface area contributed by atoms with Crippen LogP contribution in [0.3, 0.4) is 0 Å². The molecule has 1 unspecified atom stereocenters. The van der Waals surface area contributed by atoms with Gasteiger partial charge < -0.3 is 14.7 Å². The summed E-state index contributed by atoms with van der Waals surface area (Å²) in [6, 6.07) is 11.9. The molecule has 15 heteroatoms. The Balaban J connectivity index is 0.00000423. The van der Waals surface area contributed by atoms with Crippen LogP contribution < -0.4 is 14.4 Å². The molecule has 3 heterocycles. The van der Waals surface area contributed by atoms with E-state index in [1.165, 1.54) is 41.2 Å². The molecule has 1 saturated heterocycles. The van der Waals surface area contributed by atoms with Gasteiger partial charge >= 0.3 is 6.18 Å². The molecule has 234 valence electrons. The van der Waals surface area contributed by atoms with Crippen molar-refractivity contribution in [3.63, 3.8) is 0 Å². The number of rotatable bonds is 9. The molecular formula is C28H34F3N5O5S2. The van der Waals surface area contributed by atoms with Crippen molar-refractivity contribution in [1.29, 1.82) is 0 Å². The number of aliphatic hydroxyl groups is 1. The average molecular weight is 642 g/mol. The molecule has 2 aromatic heterocycles. The molecule has 1 aliphatic carbocycles. The second-order valence-corrected chi connectivity index (χ2v) is 13.3. The Morgan fingerprint density at radius 3 is 2.42 bits per heavy atom. The first-order chi connectivity index (χ1) is 19.6.